The highest BCUT2D eigenvalue weighted by molar-refractivity contribution is 7.47. The lowest BCUT2D eigenvalue weighted by atomic mass is 10.00. The Morgan fingerprint density at radius 3 is 1.46 bits per heavy atom. The second kappa shape index (κ2) is 9.89. The molecule has 0 aromatic rings. The second-order valence-electron chi connectivity index (χ2n) is 4.56. The van der Waals surface area contributed by atoms with E-state index in [9.17, 15) is 28.7 Å². The molecule has 9 N–H and O–H groups in total. The van der Waals surface area contributed by atoms with Crippen molar-refractivity contribution >= 4 is 29.8 Å². The number of phosphoric ester groups is 3. The maximum Gasteiger partial charge on any atom is 0.470 e. The SMILES string of the molecule is O=C[C@@H](OP(=O)(O)O)[C@@H](OP(=O)(O)O)[C@@H](OP(=O)(O)O)[C@H](O)[C@@H](O)CO. The van der Waals surface area contributed by atoms with E-state index in [0.29, 0.717) is 0 Å². The summed E-state index contributed by atoms with van der Waals surface area (Å²) in [5.41, 5.74) is 0. The van der Waals surface area contributed by atoms with E-state index in [2.05, 4.69) is 13.6 Å². The Morgan fingerprint density at radius 2 is 1.15 bits per heavy atom. The van der Waals surface area contributed by atoms with Crippen LogP contribution in [0.15, 0.2) is 0 Å². The molecule has 0 rings (SSSR count). The molecule has 0 aromatic carbocycles. The van der Waals surface area contributed by atoms with Gasteiger partial charge in [-0.15, -0.1) is 0 Å². The fourth-order valence-electron chi connectivity index (χ4n) is 1.59. The first-order chi connectivity index (χ1) is 11.5. The number of aldehydes is 1. The molecule has 16 nitrogen and oxygen atoms in total. The summed E-state index contributed by atoms with van der Waals surface area (Å²) < 4.78 is 44.8. The van der Waals surface area contributed by atoms with Gasteiger partial charge in [-0.05, 0) is 0 Å². The molecule has 0 fully saturated rings. The van der Waals surface area contributed by atoms with Gasteiger partial charge in [-0.25, -0.2) is 13.7 Å². The fraction of sp³-hybridized carbons (Fsp3) is 0.857. The molecule has 19 heteroatoms. The van der Waals surface area contributed by atoms with Crippen LogP contribution in [0.25, 0.3) is 0 Å². The topological polar surface area (TPSA) is 278 Å². The summed E-state index contributed by atoms with van der Waals surface area (Å²) in [6, 6.07) is 0. The van der Waals surface area contributed by atoms with E-state index in [0.717, 1.165) is 0 Å². The number of hydrogen-bond acceptors (Lipinski definition) is 10. The number of carbonyl (C=O) groups excluding carboxylic acids is 1. The number of carbonyl (C=O) groups is 1. The summed E-state index contributed by atoms with van der Waals surface area (Å²) in [5, 5.41) is 27.9. The Balaban J connectivity index is 6.13. The van der Waals surface area contributed by atoms with Gasteiger partial charge in [0.05, 0.1) is 6.61 Å². The summed E-state index contributed by atoms with van der Waals surface area (Å²) in [4.78, 5) is 63.7. The smallest absolute Gasteiger partial charge is 0.394 e. The number of phosphoric acid groups is 3. The van der Waals surface area contributed by atoms with Crippen LogP contribution in [-0.4, -0.2) is 88.1 Å². The maximum absolute atomic E-state index is 11.0. The van der Waals surface area contributed by atoms with E-state index in [-0.39, 0.29) is 0 Å². The predicted molar refractivity (Wildman–Crippen MR) is 75.9 cm³/mol. The molecule has 0 amide bonds. The number of aliphatic hydroxyl groups is 3. The van der Waals surface area contributed by atoms with Gasteiger partial charge < -0.3 is 49.5 Å². The van der Waals surface area contributed by atoms with Gasteiger partial charge in [-0.3, -0.25) is 13.6 Å². The van der Waals surface area contributed by atoms with Crippen LogP contribution in [0.2, 0.25) is 0 Å². The average Bonchev–Trinajstić information content (AvgIpc) is 2.43. The Bertz CT molecular complexity index is 589. The van der Waals surface area contributed by atoms with Gasteiger partial charge in [0.2, 0.25) is 0 Å². The minimum atomic E-state index is -5.63. The molecule has 0 aliphatic heterocycles. The van der Waals surface area contributed by atoms with Crippen molar-refractivity contribution in [2.75, 3.05) is 6.61 Å². The normalized spacial score (nSPS) is 19.4. The Hall–Kier alpha value is -0.120. The van der Waals surface area contributed by atoms with Crippen molar-refractivity contribution in [3.63, 3.8) is 0 Å². The molecule has 5 atom stereocenters. The van der Waals surface area contributed by atoms with Crippen LogP contribution in [0.1, 0.15) is 0 Å². The summed E-state index contributed by atoms with van der Waals surface area (Å²) in [6.07, 6.45) is -13.4. The summed E-state index contributed by atoms with van der Waals surface area (Å²) in [6.45, 7) is -1.25. The van der Waals surface area contributed by atoms with E-state index < -0.39 is 66.9 Å². The van der Waals surface area contributed by atoms with Crippen molar-refractivity contribution in [3.8, 4) is 0 Å². The number of aliphatic hydroxyl groups excluding tert-OH is 3. The minimum Gasteiger partial charge on any atom is -0.394 e. The monoisotopic (exact) mass is 450 g/mol. The number of hydrogen-bond donors (Lipinski definition) is 9. The molecule has 0 spiro atoms. The fourth-order valence-corrected chi connectivity index (χ4v) is 3.19. The lowest BCUT2D eigenvalue weighted by molar-refractivity contribution is -0.141. The Kier molecular flexibility index (Phi) is 9.84. The van der Waals surface area contributed by atoms with Crippen molar-refractivity contribution in [2.24, 2.45) is 0 Å². The van der Waals surface area contributed by atoms with Gasteiger partial charge in [0.15, 0.2) is 12.4 Å². The van der Waals surface area contributed by atoms with Gasteiger partial charge >= 0.3 is 23.5 Å². The third kappa shape index (κ3) is 10.3. The summed E-state index contributed by atoms with van der Waals surface area (Å²) in [5.74, 6) is 0. The Labute approximate surface area is 144 Å². The zero-order chi connectivity index (χ0) is 20.9. The van der Waals surface area contributed by atoms with Gasteiger partial charge in [-0.1, -0.05) is 0 Å². The van der Waals surface area contributed by atoms with Crippen molar-refractivity contribution in [2.45, 2.75) is 30.5 Å². The lowest BCUT2D eigenvalue weighted by Gasteiger charge is -2.34. The highest BCUT2D eigenvalue weighted by Crippen LogP contribution is 2.47. The van der Waals surface area contributed by atoms with Crippen molar-refractivity contribution in [1.29, 1.82) is 0 Å². The third-order valence-corrected chi connectivity index (χ3v) is 4.03. The first kappa shape index (κ1) is 25.9. The highest BCUT2D eigenvalue weighted by atomic mass is 31.2. The molecule has 156 valence electrons. The molecule has 26 heavy (non-hydrogen) atoms. The quantitative estimate of drug-likeness (QED) is 0.102. The van der Waals surface area contributed by atoms with Crippen LogP contribution >= 0.6 is 23.5 Å². The molecule has 0 unspecified atom stereocenters. The van der Waals surface area contributed by atoms with Crippen LogP contribution in [0.4, 0.5) is 0 Å². The Morgan fingerprint density at radius 1 is 0.769 bits per heavy atom. The molecular formula is C7H17O16P3. The van der Waals surface area contributed by atoms with Gasteiger partial charge in [0.25, 0.3) is 0 Å². The molecule has 0 saturated heterocycles. The van der Waals surface area contributed by atoms with Crippen molar-refractivity contribution in [1.82, 2.24) is 0 Å². The maximum atomic E-state index is 11.0. The molecule has 0 aliphatic rings. The minimum absolute atomic E-state index is 0.479. The van der Waals surface area contributed by atoms with Gasteiger partial charge in [0.1, 0.15) is 24.4 Å². The van der Waals surface area contributed by atoms with Crippen LogP contribution in [0.3, 0.4) is 0 Å². The van der Waals surface area contributed by atoms with Crippen LogP contribution < -0.4 is 0 Å². The molecule has 0 radical (unpaired) electrons. The van der Waals surface area contributed by atoms with Crippen LogP contribution in [0.5, 0.6) is 0 Å². The first-order valence-corrected chi connectivity index (χ1v) is 10.7. The highest BCUT2D eigenvalue weighted by Gasteiger charge is 2.47. The van der Waals surface area contributed by atoms with Crippen LogP contribution in [0, 0.1) is 0 Å². The van der Waals surface area contributed by atoms with Gasteiger partial charge in [-0.2, -0.15) is 0 Å². The van der Waals surface area contributed by atoms with E-state index >= 15 is 0 Å². The van der Waals surface area contributed by atoms with E-state index in [1.807, 2.05) is 0 Å². The molecule has 0 heterocycles. The molecule has 0 saturated carbocycles. The third-order valence-electron chi connectivity index (χ3n) is 2.48. The molecule has 0 aliphatic carbocycles. The zero-order valence-corrected chi connectivity index (χ0v) is 15.1. The standard InChI is InChI=1S/C7H17O16P3/c8-1-3(10)5(11)7(23-26(18,19)20)6(22-25(15,16)17)4(2-9)21-24(12,13)14/h2-8,10-11H,1H2,(H2,12,13,14)(H2,15,16,17)(H2,18,19,20)/t3-,4+,5+,6+,7-/m0/s1. The average molecular weight is 450 g/mol. The van der Waals surface area contributed by atoms with Crippen molar-refractivity contribution < 1.29 is 76.7 Å². The number of rotatable bonds is 12. The molecule has 0 aromatic heterocycles. The zero-order valence-electron chi connectivity index (χ0n) is 12.4. The van der Waals surface area contributed by atoms with E-state index in [4.69, 9.17) is 34.5 Å². The summed E-state index contributed by atoms with van der Waals surface area (Å²) >= 11 is 0. The second-order valence-corrected chi connectivity index (χ2v) is 8.13. The summed E-state index contributed by atoms with van der Waals surface area (Å²) in [7, 11) is -16.7. The first-order valence-electron chi connectivity index (χ1n) is 6.15. The van der Waals surface area contributed by atoms with Crippen molar-refractivity contribution in [3.05, 3.63) is 0 Å². The van der Waals surface area contributed by atoms with E-state index in [1.54, 1.807) is 0 Å². The van der Waals surface area contributed by atoms with Gasteiger partial charge in [0, 0.05) is 0 Å². The molecular weight excluding hydrogens is 433 g/mol. The largest absolute Gasteiger partial charge is 0.470 e. The lowest BCUT2D eigenvalue weighted by Crippen LogP contribution is -2.52. The predicted octanol–water partition coefficient (Wildman–Crippen LogP) is -3.67. The van der Waals surface area contributed by atoms with Crippen LogP contribution in [-0.2, 0) is 32.1 Å². The van der Waals surface area contributed by atoms with E-state index in [1.165, 1.54) is 0 Å². The molecule has 0 bridgehead atoms.